The van der Waals surface area contributed by atoms with Gasteiger partial charge in [0.25, 0.3) is 0 Å². The summed E-state index contributed by atoms with van der Waals surface area (Å²) in [5.41, 5.74) is 2.08. The van der Waals surface area contributed by atoms with Crippen LogP contribution in [0, 0.1) is 11.3 Å². The molecule has 1 aliphatic heterocycles. The SMILES string of the molecule is SCC1(CN2CCC(Cc3ccccc3)CC2)CCC1. The zero-order valence-electron chi connectivity index (χ0n) is 12.4. The van der Waals surface area contributed by atoms with Gasteiger partial charge in [-0.3, -0.25) is 0 Å². The predicted molar refractivity (Wildman–Crippen MR) is 89.4 cm³/mol. The smallest absolute Gasteiger partial charge is 0.00458 e. The highest BCUT2D eigenvalue weighted by Crippen LogP contribution is 2.43. The summed E-state index contributed by atoms with van der Waals surface area (Å²) < 4.78 is 0. The zero-order chi connectivity index (χ0) is 13.8. The van der Waals surface area contributed by atoms with Gasteiger partial charge in [-0.25, -0.2) is 0 Å². The van der Waals surface area contributed by atoms with E-state index in [1.807, 2.05) is 0 Å². The second-order valence-electron chi connectivity index (χ2n) is 6.92. The number of likely N-dealkylation sites (tertiary alicyclic amines) is 1. The van der Waals surface area contributed by atoms with Crippen molar-refractivity contribution in [3.8, 4) is 0 Å². The maximum atomic E-state index is 4.59. The molecule has 1 saturated carbocycles. The molecule has 1 aromatic rings. The normalized spacial score (nSPS) is 23.4. The van der Waals surface area contributed by atoms with Crippen LogP contribution in [0.4, 0.5) is 0 Å². The maximum absolute atomic E-state index is 4.59. The fourth-order valence-corrected chi connectivity index (χ4v) is 4.23. The summed E-state index contributed by atoms with van der Waals surface area (Å²) in [6, 6.07) is 11.0. The monoisotopic (exact) mass is 289 g/mol. The van der Waals surface area contributed by atoms with Crippen LogP contribution >= 0.6 is 12.6 Å². The standard InChI is InChI=1S/C18H27NS/c20-15-18(9-4-10-18)14-19-11-7-17(8-12-19)13-16-5-2-1-3-6-16/h1-3,5-6,17,20H,4,7-15H2. The van der Waals surface area contributed by atoms with Crippen molar-refractivity contribution < 1.29 is 0 Å². The number of thiol groups is 1. The van der Waals surface area contributed by atoms with E-state index in [9.17, 15) is 0 Å². The van der Waals surface area contributed by atoms with Crippen LogP contribution in [0.3, 0.4) is 0 Å². The minimum atomic E-state index is 0.565. The van der Waals surface area contributed by atoms with E-state index in [-0.39, 0.29) is 0 Å². The summed E-state index contributed by atoms with van der Waals surface area (Å²) in [5.74, 6) is 1.97. The van der Waals surface area contributed by atoms with Crippen molar-refractivity contribution >= 4 is 12.6 Å². The second-order valence-corrected chi connectivity index (χ2v) is 7.24. The first-order valence-electron chi connectivity index (χ1n) is 8.17. The Morgan fingerprint density at radius 3 is 2.35 bits per heavy atom. The highest BCUT2D eigenvalue weighted by atomic mass is 32.1. The van der Waals surface area contributed by atoms with Gasteiger partial charge in [0.15, 0.2) is 0 Å². The van der Waals surface area contributed by atoms with Gasteiger partial charge in [0.2, 0.25) is 0 Å². The Morgan fingerprint density at radius 2 is 1.80 bits per heavy atom. The Balaban J connectivity index is 1.45. The average molecular weight is 289 g/mol. The van der Waals surface area contributed by atoms with E-state index >= 15 is 0 Å². The first-order chi connectivity index (χ1) is 9.80. The molecular formula is C18H27NS. The first kappa shape index (κ1) is 14.5. The molecule has 1 saturated heterocycles. The Morgan fingerprint density at radius 1 is 1.10 bits per heavy atom. The van der Waals surface area contributed by atoms with E-state index in [4.69, 9.17) is 0 Å². The number of hydrogen-bond donors (Lipinski definition) is 1. The molecule has 2 fully saturated rings. The Labute approximate surface area is 129 Å². The van der Waals surface area contributed by atoms with Crippen molar-refractivity contribution in [2.45, 2.75) is 38.5 Å². The summed E-state index contributed by atoms with van der Waals surface area (Å²) in [4.78, 5) is 2.71. The lowest BCUT2D eigenvalue weighted by Crippen LogP contribution is -2.46. The molecule has 3 rings (SSSR count). The van der Waals surface area contributed by atoms with Crippen molar-refractivity contribution in [1.82, 2.24) is 4.90 Å². The molecule has 2 heteroatoms. The molecule has 2 aliphatic rings. The zero-order valence-corrected chi connectivity index (χ0v) is 13.3. The summed E-state index contributed by atoms with van der Waals surface area (Å²) in [7, 11) is 0. The summed E-state index contributed by atoms with van der Waals surface area (Å²) in [5, 5.41) is 0. The minimum absolute atomic E-state index is 0.565. The van der Waals surface area contributed by atoms with Gasteiger partial charge in [-0.15, -0.1) is 0 Å². The molecule has 0 bridgehead atoms. The molecule has 1 aliphatic carbocycles. The minimum Gasteiger partial charge on any atom is -0.303 e. The highest BCUT2D eigenvalue weighted by Gasteiger charge is 2.37. The molecular weight excluding hydrogens is 262 g/mol. The first-order valence-corrected chi connectivity index (χ1v) is 8.80. The Kier molecular flexibility index (Phi) is 4.72. The molecule has 0 atom stereocenters. The molecule has 0 aromatic heterocycles. The molecule has 0 amide bonds. The predicted octanol–water partition coefficient (Wildman–Crippen LogP) is 4.04. The van der Waals surface area contributed by atoms with Gasteiger partial charge in [0.1, 0.15) is 0 Å². The molecule has 20 heavy (non-hydrogen) atoms. The van der Waals surface area contributed by atoms with E-state index in [0.29, 0.717) is 5.41 Å². The van der Waals surface area contributed by atoms with Crippen LogP contribution in [0.5, 0.6) is 0 Å². The quantitative estimate of drug-likeness (QED) is 0.801. The van der Waals surface area contributed by atoms with Crippen molar-refractivity contribution in [2.24, 2.45) is 11.3 Å². The number of piperidine rings is 1. The van der Waals surface area contributed by atoms with Gasteiger partial charge in [-0.1, -0.05) is 36.8 Å². The van der Waals surface area contributed by atoms with Crippen LogP contribution in [0.1, 0.15) is 37.7 Å². The molecule has 1 heterocycles. The highest BCUT2D eigenvalue weighted by molar-refractivity contribution is 7.80. The van der Waals surface area contributed by atoms with Gasteiger partial charge in [0, 0.05) is 6.54 Å². The molecule has 110 valence electrons. The van der Waals surface area contributed by atoms with Crippen LogP contribution in [-0.2, 0) is 6.42 Å². The molecule has 0 N–H and O–H groups in total. The summed E-state index contributed by atoms with van der Waals surface area (Å²) >= 11 is 4.59. The number of nitrogens with zero attached hydrogens (tertiary/aromatic N) is 1. The van der Waals surface area contributed by atoms with E-state index in [2.05, 4.69) is 47.9 Å². The number of benzene rings is 1. The van der Waals surface area contributed by atoms with E-state index in [1.54, 1.807) is 0 Å². The third-order valence-electron chi connectivity index (χ3n) is 5.38. The Hall–Kier alpha value is -0.470. The Bertz CT molecular complexity index is 399. The maximum Gasteiger partial charge on any atom is 0.00458 e. The van der Waals surface area contributed by atoms with Crippen molar-refractivity contribution in [3.05, 3.63) is 35.9 Å². The van der Waals surface area contributed by atoms with Crippen LogP contribution in [0.25, 0.3) is 0 Å². The summed E-state index contributed by atoms with van der Waals surface area (Å²) in [6.07, 6.45) is 8.24. The van der Waals surface area contributed by atoms with Crippen LogP contribution in [-0.4, -0.2) is 30.3 Å². The molecule has 1 aromatic carbocycles. The molecule has 0 spiro atoms. The van der Waals surface area contributed by atoms with Gasteiger partial charge >= 0.3 is 0 Å². The van der Waals surface area contributed by atoms with Crippen LogP contribution in [0.2, 0.25) is 0 Å². The lowest BCUT2D eigenvalue weighted by molar-refractivity contribution is 0.0679. The fourth-order valence-electron chi connectivity index (χ4n) is 3.81. The molecule has 0 radical (unpaired) electrons. The summed E-state index contributed by atoms with van der Waals surface area (Å²) in [6.45, 7) is 3.90. The van der Waals surface area contributed by atoms with Crippen molar-refractivity contribution in [1.29, 1.82) is 0 Å². The van der Waals surface area contributed by atoms with Gasteiger partial charge in [0.05, 0.1) is 0 Å². The fraction of sp³-hybridized carbons (Fsp3) is 0.667. The number of rotatable bonds is 5. The van der Waals surface area contributed by atoms with E-state index in [0.717, 1.165) is 11.7 Å². The van der Waals surface area contributed by atoms with Gasteiger partial charge in [-0.2, -0.15) is 12.6 Å². The van der Waals surface area contributed by atoms with Crippen LogP contribution in [0.15, 0.2) is 30.3 Å². The second kappa shape index (κ2) is 6.53. The average Bonchev–Trinajstić information content (AvgIpc) is 2.46. The third kappa shape index (κ3) is 3.40. The van der Waals surface area contributed by atoms with Crippen molar-refractivity contribution in [2.75, 3.05) is 25.4 Å². The lowest BCUT2D eigenvalue weighted by atomic mass is 9.69. The lowest BCUT2D eigenvalue weighted by Gasteiger charge is -2.46. The molecule has 0 unspecified atom stereocenters. The van der Waals surface area contributed by atoms with E-state index in [1.165, 1.54) is 63.7 Å². The number of hydrogen-bond acceptors (Lipinski definition) is 2. The molecule has 1 nitrogen and oxygen atoms in total. The van der Waals surface area contributed by atoms with Crippen LogP contribution < -0.4 is 0 Å². The largest absolute Gasteiger partial charge is 0.303 e. The topological polar surface area (TPSA) is 3.24 Å². The van der Waals surface area contributed by atoms with Crippen molar-refractivity contribution in [3.63, 3.8) is 0 Å². The van der Waals surface area contributed by atoms with E-state index < -0.39 is 0 Å². The van der Waals surface area contributed by atoms with Gasteiger partial charge in [-0.05, 0) is 67.8 Å². The van der Waals surface area contributed by atoms with Gasteiger partial charge < -0.3 is 4.90 Å². The third-order valence-corrected chi connectivity index (χ3v) is 6.05.